The fraction of sp³-hybridized carbons (Fsp3) is 1.00. The fourth-order valence-electron chi connectivity index (χ4n) is 2.29. The molecule has 2 spiro atoms. The second-order valence-corrected chi connectivity index (χ2v) is 4.61. The van der Waals surface area contributed by atoms with Gasteiger partial charge in [-0.05, 0) is 19.8 Å². The highest BCUT2D eigenvalue weighted by atomic mass is 16.5. The Bertz CT molecular complexity index is 209. The van der Waals surface area contributed by atoms with Gasteiger partial charge in [0.1, 0.15) is 5.72 Å². The van der Waals surface area contributed by atoms with Gasteiger partial charge in [0.25, 0.3) is 0 Å². The van der Waals surface area contributed by atoms with Crippen molar-refractivity contribution in [1.82, 2.24) is 10.6 Å². The van der Waals surface area contributed by atoms with Crippen LogP contribution in [0.25, 0.3) is 0 Å². The fourth-order valence-corrected chi connectivity index (χ4v) is 2.29. The molecule has 3 fully saturated rings. The second kappa shape index (κ2) is 2.03. The van der Waals surface area contributed by atoms with Crippen LogP contribution in [0, 0.1) is 5.41 Å². The molecule has 68 valence electrons. The first-order chi connectivity index (χ1) is 5.75. The van der Waals surface area contributed by atoms with Gasteiger partial charge in [-0.15, -0.1) is 0 Å². The quantitative estimate of drug-likeness (QED) is 0.537. The van der Waals surface area contributed by atoms with Gasteiger partial charge in [0.15, 0.2) is 0 Å². The topological polar surface area (TPSA) is 33.3 Å². The lowest BCUT2D eigenvalue weighted by molar-refractivity contribution is -0.163. The molecule has 2 saturated heterocycles. The van der Waals surface area contributed by atoms with Crippen molar-refractivity contribution in [3.8, 4) is 0 Å². The Morgan fingerprint density at radius 3 is 2.50 bits per heavy atom. The van der Waals surface area contributed by atoms with Crippen LogP contribution in [-0.4, -0.2) is 31.5 Å². The van der Waals surface area contributed by atoms with Gasteiger partial charge in [0.2, 0.25) is 0 Å². The van der Waals surface area contributed by atoms with Gasteiger partial charge in [-0.1, -0.05) is 0 Å². The second-order valence-electron chi connectivity index (χ2n) is 4.61. The van der Waals surface area contributed by atoms with Crippen LogP contribution in [0.4, 0.5) is 0 Å². The normalized spacial score (nSPS) is 41.2. The molecule has 12 heavy (non-hydrogen) atoms. The third-order valence-electron chi connectivity index (χ3n) is 3.75. The molecular formula is C9H16N2O. The zero-order valence-corrected chi connectivity index (χ0v) is 7.52. The summed E-state index contributed by atoms with van der Waals surface area (Å²) in [6.07, 6.45) is 2.70. The van der Waals surface area contributed by atoms with Gasteiger partial charge in [0.05, 0.1) is 6.61 Å². The Kier molecular flexibility index (Phi) is 1.23. The average Bonchev–Trinajstić information content (AvgIpc) is 2.74. The minimum absolute atomic E-state index is 0.00720. The van der Waals surface area contributed by atoms with E-state index in [0.29, 0.717) is 11.5 Å². The van der Waals surface area contributed by atoms with Gasteiger partial charge in [0, 0.05) is 24.5 Å². The van der Waals surface area contributed by atoms with Crippen LogP contribution in [0.3, 0.4) is 0 Å². The molecule has 0 radical (unpaired) electrons. The smallest absolute Gasteiger partial charge is 0.144 e. The Hall–Kier alpha value is -0.120. The minimum atomic E-state index is 0.00720. The van der Waals surface area contributed by atoms with Crippen molar-refractivity contribution in [2.24, 2.45) is 5.41 Å². The zero-order valence-electron chi connectivity index (χ0n) is 7.52. The largest absolute Gasteiger partial charge is 0.357 e. The maximum atomic E-state index is 5.88. The van der Waals surface area contributed by atoms with Gasteiger partial charge in [-0.2, -0.15) is 0 Å². The van der Waals surface area contributed by atoms with Crippen LogP contribution in [0.1, 0.15) is 19.8 Å². The van der Waals surface area contributed by atoms with Crippen molar-refractivity contribution >= 4 is 0 Å². The number of nitrogens with one attached hydrogen (secondary N) is 2. The van der Waals surface area contributed by atoms with Gasteiger partial charge < -0.3 is 10.1 Å². The van der Waals surface area contributed by atoms with Crippen molar-refractivity contribution in [2.75, 3.05) is 19.7 Å². The first-order valence-electron chi connectivity index (χ1n) is 4.87. The van der Waals surface area contributed by atoms with E-state index in [2.05, 4.69) is 17.6 Å². The molecule has 0 aromatic carbocycles. The monoisotopic (exact) mass is 168 g/mol. The van der Waals surface area contributed by atoms with E-state index in [1.807, 2.05) is 0 Å². The van der Waals surface area contributed by atoms with Crippen molar-refractivity contribution < 1.29 is 4.74 Å². The molecule has 0 aromatic rings. The standard InChI is InChI=1S/C9H16N2O/c1-7-8(2-3-8)6-12-9(11-7)4-10-5-9/h7,10-11H,2-6H2,1H3. The molecule has 0 aromatic heterocycles. The Labute approximate surface area is 72.9 Å². The number of hydrogen-bond donors (Lipinski definition) is 2. The number of ether oxygens (including phenoxy) is 1. The van der Waals surface area contributed by atoms with Crippen molar-refractivity contribution in [2.45, 2.75) is 31.5 Å². The van der Waals surface area contributed by atoms with Crippen molar-refractivity contribution in [3.63, 3.8) is 0 Å². The van der Waals surface area contributed by atoms with Crippen LogP contribution in [0.5, 0.6) is 0 Å². The molecule has 0 amide bonds. The minimum Gasteiger partial charge on any atom is -0.357 e. The summed E-state index contributed by atoms with van der Waals surface area (Å²) < 4.78 is 5.88. The molecule has 2 aliphatic heterocycles. The average molecular weight is 168 g/mol. The molecule has 3 aliphatic rings. The molecule has 2 heterocycles. The Morgan fingerprint density at radius 2 is 2.08 bits per heavy atom. The van der Waals surface area contributed by atoms with E-state index in [0.717, 1.165) is 19.7 Å². The van der Waals surface area contributed by atoms with E-state index in [4.69, 9.17) is 4.74 Å². The molecule has 1 atom stereocenters. The molecule has 1 unspecified atom stereocenters. The summed E-state index contributed by atoms with van der Waals surface area (Å²) >= 11 is 0. The molecule has 3 nitrogen and oxygen atoms in total. The predicted molar refractivity (Wildman–Crippen MR) is 45.8 cm³/mol. The molecule has 3 heteroatoms. The summed E-state index contributed by atoms with van der Waals surface area (Å²) in [6, 6.07) is 0.647. The predicted octanol–water partition coefficient (Wildman–Crippen LogP) is 0.0744. The highest BCUT2D eigenvalue weighted by Gasteiger charge is 2.56. The third-order valence-corrected chi connectivity index (χ3v) is 3.75. The summed E-state index contributed by atoms with van der Waals surface area (Å²) in [5.74, 6) is 0. The Balaban J connectivity index is 1.74. The van der Waals surface area contributed by atoms with Crippen LogP contribution in [-0.2, 0) is 4.74 Å². The van der Waals surface area contributed by atoms with E-state index in [-0.39, 0.29) is 5.72 Å². The molecular weight excluding hydrogens is 152 g/mol. The molecule has 1 saturated carbocycles. The van der Waals surface area contributed by atoms with Crippen molar-refractivity contribution in [1.29, 1.82) is 0 Å². The zero-order chi connectivity index (χ0) is 8.23. The van der Waals surface area contributed by atoms with E-state index in [9.17, 15) is 0 Å². The summed E-state index contributed by atoms with van der Waals surface area (Å²) in [5, 5.41) is 6.85. The lowest BCUT2D eigenvalue weighted by atomic mass is 9.92. The first kappa shape index (κ1) is 7.30. The van der Waals surface area contributed by atoms with Crippen LogP contribution in [0.2, 0.25) is 0 Å². The lowest BCUT2D eigenvalue weighted by Gasteiger charge is -2.50. The highest BCUT2D eigenvalue weighted by molar-refractivity contribution is 5.08. The molecule has 3 rings (SSSR count). The van der Waals surface area contributed by atoms with Crippen LogP contribution >= 0.6 is 0 Å². The van der Waals surface area contributed by atoms with Gasteiger partial charge in [-0.25, -0.2) is 0 Å². The van der Waals surface area contributed by atoms with E-state index in [1.165, 1.54) is 12.8 Å². The van der Waals surface area contributed by atoms with E-state index >= 15 is 0 Å². The lowest BCUT2D eigenvalue weighted by Crippen LogP contribution is -2.74. The molecule has 1 aliphatic carbocycles. The van der Waals surface area contributed by atoms with Crippen LogP contribution in [0.15, 0.2) is 0 Å². The van der Waals surface area contributed by atoms with Gasteiger partial charge in [-0.3, -0.25) is 5.32 Å². The maximum absolute atomic E-state index is 5.88. The summed E-state index contributed by atoms with van der Waals surface area (Å²) in [5.41, 5.74) is 0.522. The highest BCUT2D eigenvalue weighted by Crippen LogP contribution is 2.51. The summed E-state index contributed by atoms with van der Waals surface area (Å²) in [6.45, 7) is 5.24. The maximum Gasteiger partial charge on any atom is 0.144 e. The molecule has 2 N–H and O–H groups in total. The summed E-state index contributed by atoms with van der Waals surface area (Å²) in [7, 11) is 0. The van der Waals surface area contributed by atoms with Crippen molar-refractivity contribution in [3.05, 3.63) is 0 Å². The first-order valence-corrected chi connectivity index (χ1v) is 4.87. The van der Waals surface area contributed by atoms with Crippen LogP contribution < -0.4 is 10.6 Å². The van der Waals surface area contributed by atoms with E-state index < -0.39 is 0 Å². The number of hydrogen-bond acceptors (Lipinski definition) is 3. The third kappa shape index (κ3) is 0.817. The van der Waals surface area contributed by atoms with E-state index in [1.54, 1.807) is 0 Å². The number of rotatable bonds is 0. The SMILES string of the molecule is CC1NC2(CNC2)OCC12CC2. The van der Waals surface area contributed by atoms with Gasteiger partial charge >= 0.3 is 0 Å². The Morgan fingerprint density at radius 1 is 1.33 bits per heavy atom. The molecule has 0 bridgehead atoms. The summed E-state index contributed by atoms with van der Waals surface area (Å²) in [4.78, 5) is 0.